The maximum atomic E-state index is 12.7. The van der Waals surface area contributed by atoms with Crippen LogP contribution in [-0.2, 0) is 4.79 Å². The summed E-state index contributed by atoms with van der Waals surface area (Å²) in [5.74, 6) is -3.61. The van der Waals surface area contributed by atoms with Gasteiger partial charge in [0.15, 0.2) is 0 Å². The van der Waals surface area contributed by atoms with E-state index in [-0.39, 0.29) is 6.54 Å². The van der Waals surface area contributed by atoms with Crippen LogP contribution in [0.4, 0.5) is 14.5 Å². The van der Waals surface area contributed by atoms with Crippen LogP contribution in [0.1, 0.15) is 5.56 Å². The molecule has 0 aliphatic carbocycles. The van der Waals surface area contributed by atoms with E-state index in [2.05, 4.69) is 10.6 Å². The lowest BCUT2D eigenvalue weighted by Crippen LogP contribution is -2.39. The van der Waals surface area contributed by atoms with Gasteiger partial charge in [-0.3, -0.25) is 4.79 Å². The van der Waals surface area contributed by atoms with Gasteiger partial charge in [-0.1, -0.05) is 18.2 Å². The number of rotatable bonds is 6. The van der Waals surface area contributed by atoms with Gasteiger partial charge in [0, 0.05) is 5.69 Å². The van der Waals surface area contributed by atoms with Crippen molar-refractivity contribution in [2.24, 2.45) is 0 Å². The first kappa shape index (κ1) is 14.5. The van der Waals surface area contributed by atoms with Gasteiger partial charge < -0.3 is 15.7 Å². The molecule has 0 bridgehead atoms. The first-order chi connectivity index (χ1) is 8.44. The molecule has 3 N–H and O–H groups in total. The van der Waals surface area contributed by atoms with Gasteiger partial charge in [-0.25, -0.2) is 8.78 Å². The normalized spacial score (nSPS) is 11.3. The first-order valence-electron chi connectivity index (χ1n) is 5.49. The zero-order valence-corrected chi connectivity index (χ0v) is 10.0. The molecule has 100 valence electrons. The number of alkyl halides is 2. The zero-order chi connectivity index (χ0) is 13.6. The molecule has 0 aromatic heterocycles. The number of hydrogen-bond donors (Lipinski definition) is 3. The summed E-state index contributed by atoms with van der Waals surface area (Å²) in [4.78, 5) is 11.5. The Kier molecular flexibility index (Phi) is 5.18. The van der Waals surface area contributed by atoms with Gasteiger partial charge in [0.05, 0.1) is 13.1 Å². The van der Waals surface area contributed by atoms with Crippen LogP contribution in [0.25, 0.3) is 0 Å². The third-order valence-corrected chi connectivity index (χ3v) is 2.32. The van der Waals surface area contributed by atoms with Crippen LogP contribution in [0.2, 0.25) is 0 Å². The number of aryl methyl sites for hydroxylation is 1. The summed E-state index contributed by atoms with van der Waals surface area (Å²) < 4.78 is 25.3. The Bertz CT molecular complexity index is 411. The summed E-state index contributed by atoms with van der Waals surface area (Å²) in [6.45, 7) is -0.364. The van der Waals surface area contributed by atoms with Crippen molar-refractivity contribution in [2.45, 2.75) is 12.8 Å². The molecule has 1 aromatic carbocycles. The maximum Gasteiger partial charge on any atom is 0.282 e. The van der Waals surface area contributed by atoms with E-state index in [0.717, 1.165) is 5.56 Å². The van der Waals surface area contributed by atoms with Crippen molar-refractivity contribution in [3.05, 3.63) is 29.8 Å². The Labute approximate surface area is 104 Å². The lowest BCUT2D eigenvalue weighted by molar-refractivity contribution is -0.115. The molecule has 0 atom stereocenters. The van der Waals surface area contributed by atoms with Gasteiger partial charge in [0.25, 0.3) is 5.92 Å². The number of anilines is 1. The van der Waals surface area contributed by atoms with E-state index < -0.39 is 25.0 Å². The molecule has 0 spiro atoms. The third kappa shape index (κ3) is 4.77. The number of para-hydroxylation sites is 1. The van der Waals surface area contributed by atoms with E-state index >= 15 is 0 Å². The van der Waals surface area contributed by atoms with Crippen molar-refractivity contribution in [2.75, 3.05) is 25.0 Å². The number of aliphatic hydroxyl groups excluding tert-OH is 1. The molecule has 0 heterocycles. The fraction of sp³-hybridized carbons (Fsp3) is 0.417. The van der Waals surface area contributed by atoms with E-state index in [4.69, 9.17) is 5.11 Å². The number of nitrogens with one attached hydrogen (secondary N) is 2. The highest BCUT2D eigenvalue weighted by Crippen LogP contribution is 2.13. The highest BCUT2D eigenvalue weighted by Gasteiger charge is 2.27. The van der Waals surface area contributed by atoms with Gasteiger partial charge in [-0.05, 0) is 18.6 Å². The van der Waals surface area contributed by atoms with Crippen LogP contribution in [0.15, 0.2) is 24.3 Å². The predicted octanol–water partition coefficient (Wildman–Crippen LogP) is 1.15. The number of hydrogen-bond acceptors (Lipinski definition) is 3. The second-order valence-corrected chi connectivity index (χ2v) is 3.98. The molecule has 0 radical (unpaired) electrons. The predicted molar refractivity (Wildman–Crippen MR) is 64.7 cm³/mol. The largest absolute Gasteiger partial charge is 0.390 e. The summed E-state index contributed by atoms with van der Waals surface area (Å²) in [6.07, 6.45) is 0. The van der Waals surface area contributed by atoms with Gasteiger partial charge in [-0.2, -0.15) is 0 Å². The topological polar surface area (TPSA) is 61.4 Å². The monoisotopic (exact) mass is 258 g/mol. The summed E-state index contributed by atoms with van der Waals surface area (Å²) in [7, 11) is 0. The third-order valence-electron chi connectivity index (χ3n) is 2.32. The van der Waals surface area contributed by atoms with Gasteiger partial charge in [0.1, 0.15) is 6.61 Å². The van der Waals surface area contributed by atoms with Crippen molar-refractivity contribution in [1.29, 1.82) is 0 Å². The minimum atomic E-state index is -3.21. The number of carbonyl (C=O) groups excluding carboxylic acids is 1. The molecule has 0 saturated carbocycles. The average Bonchev–Trinajstić information content (AvgIpc) is 2.32. The van der Waals surface area contributed by atoms with Crippen LogP contribution < -0.4 is 10.6 Å². The van der Waals surface area contributed by atoms with Crippen molar-refractivity contribution < 1.29 is 18.7 Å². The van der Waals surface area contributed by atoms with Crippen LogP contribution in [-0.4, -0.2) is 36.6 Å². The Morgan fingerprint density at radius 1 is 1.39 bits per heavy atom. The number of carbonyl (C=O) groups is 1. The van der Waals surface area contributed by atoms with E-state index in [1.807, 2.05) is 19.1 Å². The summed E-state index contributed by atoms with van der Waals surface area (Å²) in [5.41, 5.74) is 1.55. The Morgan fingerprint density at radius 3 is 2.67 bits per heavy atom. The van der Waals surface area contributed by atoms with Crippen LogP contribution in [0, 0.1) is 6.92 Å². The molecule has 6 heteroatoms. The van der Waals surface area contributed by atoms with Gasteiger partial charge >= 0.3 is 0 Å². The first-order valence-corrected chi connectivity index (χ1v) is 5.49. The van der Waals surface area contributed by atoms with Crippen molar-refractivity contribution >= 4 is 11.6 Å². The van der Waals surface area contributed by atoms with Crippen LogP contribution in [0.5, 0.6) is 0 Å². The van der Waals surface area contributed by atoms with Crippen molar-refractivity contribution in [1.82, 2.24) is 5.32 Å². The lowest BCUT2D eigenvalue weighted by atomic mass is 10.2. The molecule has 0 unspecified atom stereocenters. The molecular weight excluding hydrogens is 242 g/mol. The molecule has 18 heavy (non-hydrogen) atoms. The Morgan fingerprint density at radius 2 is 2.06 bits per heavy atom. The van der Waals surface area contributed by atoms with Gasteiger partial charge in [-0.15, -0.1) is 0 Å². The second kappa shape index (κ2) is 6.42. The second-order valence-electron chi connectivity index (χ2n) is 3.98. The molecule has 0 aliphatic rings. The fourth-order valence-corrected chi connectivity index (χ4v) is 1.32. The van der Waals surface area contributed by atoms with Crippen LogP contribution in [0.3, 0.4) is 0 Å². The fourth-order valence-electron chi connectivity index (χ4n) is 1.32. The van der Waals surface area contributed by atoms with Gasteiger partial charge in [0.2, 0.25) is 5.91 Å². The SMILES string of the molecule is Cc1ccccc1NC(=O)CNCC(F)(F)CO. The number of halogens is 2. The molecule has 0 fully saturated rings. The molecule has 4 nitrogen and oxygen atoms in total. The molecule has 1 aromatic rings. The minimum Gasteiger partial charge on any atom is -0.390 e. The molecular formula is C12H16F2N2O2. The summed E-state index contributed by atoms with van der Waals surface area (Å²) in [5, 5.41) is 13.2. The summed E-state index contributed by atoms with van der Waals surface area (Å²) >= 11 is 0. The molecule has 0 saturated heterocycles. The quantitative estimate of drug-likeness (QED) is 0.717. The van der Waals surface area contributed by atoms with Crippen LogP contribution >= 0.6 is 0 Å². The van der Waals surface area contributed by atoms with E-state index in [1.54, 1.807) is 12.1 Å². The smallest absolute Gasteiger partial charge is 0.282 e. The Hall–Kier alpha value is -1.53. The van der Waals surface area contributed by atoms with Crippen molar-refractivity contribution in [3.63, 3.8) is 0 Å². The molecule has 1 amide bonds. The Balaban J connectivity index is 2.37. The number of benzene rings is 1. The highest BCUT2D eigenvalue weighted by molar-refractivity contribution is 5.92. The minimum absolute atomic E-state index is 0.232. The zero-order valence-electron chi connectivity index (χ0n) is 10.0. The van der Waals surface area contributed by atoms with E-state index in [9.17, 15) is 13.6 Å². The summed E-state index contributed by atoms with van der Waals surface area (Å²) in [6, 6.07) is 7.18. The molecule has 0 aliphatic heterocycles. The highest BCUT2D eigenvalue weighted by atomic mass is 19.3. The lowest BCUT2D eigenvalue weighted by Gasteiger charge is -2.14. The van der Waals surface area contributed by atoms with E-state index in [1.165, 1.54) is 0 Å². The van der Waals surface area contributed by atoms with Crippen molar-refractivity contribution in [3.8, 4) is 0 Å². The average molecular weight is 258 g/mol. The maximum absolute atomic E-state index is 12.7. The number of aliphatic hydroxyl groups is 1. The van der Waals surface area contributed by atoms with E-state index in [0.29, 0.717) is 5.69 Å². The standard InChI is InChI=1S/C12H16F2N2O2/c1-9-4-2-3-5-10(9)16-11(18)6-15-7-12(13,14)8-17/h2-5,15,17H,6-8H2,1H3,(H,16,18). The number of amides is 1. The molecule has 1 rings (SSSR count).